The molecule has 0 amide bonds. The first-order chi connectivity index (χ1) is 12.8. The van der Waals surface area contributed by atoms with Gasteiger partial charge >= 0.3 is 0 Å². The second-order valence-corrected chi connectivity index (χ2v) is 9.20. The standard InChI is InChI=1S/C21H25N3O2S/c1-16-12-17(2)21(18(3)13-16)27(25,26)24-10-8-23(9-11-24)15-20-7-5-4-6-19(20)14-22/h4-7,12-13H,8-11,15H2,1-3H3/p+1. The molecule has 142 valence electrons. The molecule has 1 fully saturated rings. The lowest BCUT2D eigenvalue weighted by Gasteiger charge is -2.32. The molecular formula is C21H26N3O2S+. The Morgan fingerprint density at radius 3 is 2.26 bits per heavy atom. The van der Waals surface area contributed by atoms with Crippen LogP contribution in [0.5, 0.6) is 0 Å². The van der Waals surface area contributed by atoms with Crippen molar-refractivity contribution in [3.05, 3.63) is 64.2 Å². The van der Waals surface area contributed by atoms with E-state index < -0.39 is 10.0 Å². The SMILES string of the molecule is Cc1cc(C)c(S(=O)(=O)N2CC[NH+](Cc3ccccc3C#N)CC2)c(C)c1. The third kappa shape index (κ3) is 4.06. The summed E-state index contributed by atoms with van der Waals surface area (Å²) in [5, 5.41) is 9.25. The van der Waals surface area contributed by atoms with Gasteiger partial charge in [0.15, 0.2) is 0 Å². The van der Waals surface area contributed by atoms with Gasteiger partial charge in [-0.05, 0) is 38.0 Å². The molecule has 0 bridgehead atoms. The van der Waals surface area contributed by atoms with E-state index in [1.807, 2.05) is 57.2 Å². The Labute approximate surface area is 161 Å². The van der Waals surface area contributed by atoms with Gasteiger partial charge in [0.1, 0.15) is 6.54 Å². The first-order valence-electron chi connectivity index (χ1n) is 9.22. The van der Waals surface area contributed by atoms with Crippen LogP contribution in [-0.4, -0.2) is 38.9 Å². The Morgan fingerprint density at radius 2 is 1.67 bits per heavy atom. The van der Waals surface area contributed by atoms with Gasteiger partial charge in [0.2, 0.25) is 10.0 Å². The second kappa shape index (κ2) is 7.81. The summed E-state index contributed by atoms with van der Waals surface area (Å²) in [5.74, 6) is 0. The van der Waals surface area contributed by atoms with Crippen LogP contribution in [0.25, 0.3) is 0 Å². The zero-order chi connectivity index (χ0) is 19.6. The Kier molecular flexibility index (Phi) is 5.66. The van der Waals surface area contributed by atoms with E-state index in [4.69, 9.17) is 0 Å². The highest BCUT2D eigenvalue weighted by atomic mass is 32.2. The fourth-order valence-electron chi connectivity index (χ4n) is 3.98. The molecule has 1 aliphatic heterocycles. The molecule has 0 radical (unpaired) electrons. The summed E-state index contributed by atoms with van der Waals surface area (Å²) in [7, 11) is -3.48. The number of piperazine rings is 1. The molecule has 1 N–H and O–H groups in total. The third-order valence-electron chi connectivity index (χ3n) is 5.21. The molecule has 3 rings (SSSR count). The van der Waals surface area contributed by atoms with Gasteiger partial charge in [0.25, 0.3) is 0 Å². The lowest BCUT2D eigenvalue weighted by Crippen LogP contribution is -3.13. The molecule has 0 aromatic heterocycles. The zero-order valence-corrected chi connectivity index (χ0v) is 16.9. The van der Waals surface area contributed by atoms with Crippen LogP contribution in [0.1, 0.15) is 27.8 Å². The summed E-state index contributed by atoms with van der Waals surface area (Å²) in [5.41, 5.74) is 4.42. The fraction of sp³-hybridized carbons (Fsp3) is 0.381. The van der Waals surface area contributed by atoms with Crippen molar-refractivity contribution in [1.29, 1.82) is 5.26 Å². The highest BCUT2D eigenvalue weighted by Crippen LogP contribution is 2.25. The van der Waals surface area contributed by atoms with Crippen LogP contribution in [0.3, 0.4) is 0 Å². The maximum Gasteiger partial charge on any atom is 0.244 e. The fourth-order valence-corrected chi connectivity index (χ4v) is 5.83. The van der Waals surface area contributed by atoms with Gasteiger partial charge in [-0.25, -0.2) is 8.42 Å². The number of hydrogen-bond donors (Lipinski definition) is 1. The van der Waals surface area contributed by atoms with Crippen LogP contribution in [-0.2, 0) is 16.6 Å². The summed E-state index contributed by atoms with van der Waals surface area (Å²) in [6.07, 6.45) is 0. The first kappa shape index (κ1) is 19.6. The van der Waals surface area contributed by atoms with Crippen LogP contribution in [0.4, 0.5) is 0 Å². The molecule has 5 nitrogen and oxygen atoms in total. The van der Waals surface area contributed by atoms with E-state index in [0.717, 1.165) is 41.9 Å². The zero-order valence-electron chi connectivity index (χ0n) is 16.1. The van der Waals surface area contributed by atoms with Gasteiger partial charge in [0, 0.05) is 5.56 Å². The van der Waals surface area contributed by atoms with E-state index in [0.29, 0.717) is 23.5 Å². The number of sulfonamides is 1. The van der Waals surface area contributed by atoms with E-state index in [1.54, 1.807) is 4.31 Å². The minimum Gasteiger partial charge on any atom is -0.329 e. The Balaban J connectivity index is 1.73. The highest BCUT2D eigenvalue weighted by molar-refractivity contribution is 7.89. The average molecular weight is 385 g/mol. The third-order valence-corrected chi connectivity index (χ3v) is 7.42. The molecule has 6 heteroatoms. The van der Waals surface area contributed by atoms with Crippen molar-refractivity contribution in [2.24, 2.45) is 0 Å². The highest BCUT2D eigenvalue weighted by Gasteiger charge is 2.32. The molecule has 0 spiro atoms. The minimum atomic E-state index is -3.48. The Bertz CT molecular complexity index is 962. The predicted octanol–water partition coefficient (Wildman–Crippen LogP) is 1.57. The van der Waals surface area contributed by atoms with Crippen LogP contribution < -0.4 is 4.90 Å². The summed E-state index contributed by atoms with van der Waals surface area (Å²) in [4.78, 5) is 1.76. The maximum atomic E-state index is 13.2. The van der Waals surface area contributed by atoms with Crippen LogP contribution in [0.15, 0.2) is 41.3 Å². The van der Waals surface area contributed by atoms with Gasteiger partial charge in [-0.1, -0.05) is 35.9 Å². The number of aryl methyl sites for hydroxylation is 3. The molecule has 2 aromatic rings. The molecule has 1 saturated heterocycles. The molecule has 27 heavy (non-hydrogen) atoms. The minimum absolute atomic E-state index is 0.450. The van der Waals surface area contributed by atoms with Gasteiger partial charge < -0.3 is 4.90 Å². The monoisotopic (exact) mass is 384 g/mol. The van der Waals surface area contributed by atoms with Crippen LogP contribution in [0, 0.1) is 32.1 Å². The summed E-state index contributed by atoms with van der Waals surface area (Å²) >= 11 is 0. The van der Waals surface area contributed by atoms with Crippen molar-refractivity contribution in [1.82, 2.24) is 4.31 Å². The molecule has 2 aromatic carbocycles. The van der Waals surface area contributed by atoms with E-state index >= 15 is 0 Å². The summed E-state index contributed by atoms with van der Waals surface area (Å²) < 4.78 is 28.0. The van der Waals surface area contributed by atoms with Gasteiger partial charge in [0.05, 0.1) is 42.7 Å². The average Bonchev–Trinajstić information content (AvgIpc) is 2.61. The first-order valence-corrected chi connectivity index (χ1v) is 10.7. The van der Waals surface area contributed by atoms with Crippen LogP contribution >= 0.6 is 0 Å². The largest absolute Gasteiger partial charge is 0.329 e. The summed E-state index contributed by atoms with van der Waals surface area (Å²) in [6.45, 7) is 8.95. The van der Waals surface area contributed by atoms with Crippen molar-refractivity contribution in [2.45, 2.75) is 32.2 Å². The quantitative estimate of drug-likeness (QED) is 0.870. The van der Waals surface area contributed by atoms with Crippen molar-refractivity contribution in [3.63, 3.8) is 0 Å². The number of benzene rings is 2. The number of nitriles is 1. The smallest absolute Gasteiger partial charge is 0.244 e. The Morgan fingerprint density at radius 1 is 1.07 bits per heavy atom. The molecular weight excluding hydrogens is 358 g/mol. The number of hydrogen-bond acceptors (Lipinski definition) is 3. The molecule has 0 atom stereocenters. The molecule has 0 unspecified atom stereocenters. The van der Waals surface area contributed by atoms with Crippen molar-refractivity contribution in [2.75, 3.05) is 26.2 Å². The topological polar surface area (TPSA) is 65.6 Å². The van der Waals surface area contributed by atoms with E-state index in [9.17, 15) is 13.7 Å². The lowest BCUT2D eigenvalue weighted by molar-refractivity contribution is -0.917. The number of rotatable bonds is 4. The molecule has 1 aliphatic rings. The molecule has 1 heterocycles. The van der Waals surface area contributed by atoms with Crippen LogP contribution in [0.2, 0.25) is 0 Å². The van der Waals surface area contributed by atoms with Crippen molar-refractivity contribution >= 4 is 10.0 Å². The number of nitrogens with one attached hydrogen (secondary N) is 1. The normalized spacial score (nSPS) is 16.2. The number of nitrogens with zero attached hydrogens (tertiary/aromatic N) is 2. The van der Waals surface area contributed by atoms with Gasteiger partial charge in [-0.2, -0.15) is 9.57 Å². The van der Waals surface area contributed by atoms with E-state index in [-0.39, 0.29) is 0 Å². The number of quaternary nitrogens is 1. The predicted molar refractivity (Wildman–Crippen MR) is 105 cm³/mol. The second-order valence-electron chi connectivity index (χ2n) is 7.33. The van der Waals surface area contributed by atoms with Crippen molar-refractivity contribution < 1.29 is 13.3 Å². The van der Waals surface area contributed by atoms with Gasteiger partial charge in [-0.3, -0.25) is 0 Å². The van der Waals surface area contributed by atoms with Crippen molar-refractivity contribution in [3.8, 4) is 6.07 Å². The summed E-state index contributed by atoms with van der Waals surface area (Å²) in [6, 6.07) is 13.7. The van der Waals surface area contributed by atoms with E-state index in [1.165, 1.54) is 4.90 Å². The molecule has 0 saturated carbocycles. The Hall–Kier alpha value is -2.20. The van der Waals surface area contributed by atoms with Gasteiger partial charge in [-0.15, -0.1) is 0 Å². The van der Waals surface area contributed by atoms with E-state index in [2.05, 4.69) is 6.07 Å². The molecule has 0 aliphatic carbocycles. The maximum absolute atomic E-state index is 13.2. The lowest BCUT2D eigenvalue weighted by atomic mass is 10.1.